The highest BCUT2D eigenvalue weighted by molar-refractivity contribution is 7.09. The summed E-state index contributed by atoms with van der Waals surface area (Å²) >= 11 is 1.79. The van der Waals surface area contributed by atoms with Crippen LogP contribution in [0.3, 0.4) is 0 Å². The third-order valence-corrected chi connectivity index (χ3v) is 3.63. The lowest BCUT2D eigenvalue weighted by Gasteiger charge is -2.03. The van der Waals surface area contributed by atoms with E-state index < -0.39 is 0 Å². The van der Waals surface area contributed by atoms with Crippen LogP contribution < -0.4 is 0 Å². The Bertz CT molecular complexity index is 288. The molecule has 1 aromatic heterocycles. The Morgan fingerprint density at radius 1 is 1.31 bits per heavy atom. The zero-order valence-electron chi connectivity index (χ0n) is 10.4. The van der Waals surface area contributed by atoms with Gasteiger partial charge in [-0.25, -0.2) is 0 Å². The van der Waals surface area contributed by atoms with Crippen LogP contribution in [0.1, 0.15) is 50.8 Å². The summed E-state index contributed by atoms with van der Waals surface area (Å²) in [4.78, 5) is 13.0. The van der Waals surface area contributed by atoms with E-state index in [0.29, 0.717) is 5.78 Å². The molecular weight excluding hydrogens is 216 g/mol. The fourth-order valence-electron chi connectivity index (χ4n) is 1.75. The topological polar surface area (TPSA) is 17.1 Å². The minimum atomic E-state index is 0.442. The van der Waals surface area contributed by atoms with E-state index in [-0.39, 0.29) is 0 Å². The number of thiophene rings is 1. The van der Waals surface area contributed by atoms with Crippen molar-refractivity contribution >= 4 is 17.1 Å². The summed E-state index contributed by atoms with van der Waals surface area (Å²) in [6.07, 6.45) is 5.86. The number of hydrogen-bond acceptors (Lipinski definition) is 2. The van der Waals surface area contributed by atoms with Crippen molar-refractivity contribution in [2.24, 2.45) is 5.92 Å². The monoisotopic (exact) mass is 238 g/mol. The summed E-state index contributed by atoms with van der Waals surface area (Å²) in [5.41, 5.74) is 0. The lowest BCUT2D eigenvalue weighted by atomic mass is 10.0. The van der Waals surface area contributed by atoms with E-state index in [1.54, 1.807) is 11.3 Å². The Balaban J connectivity index is 2.02. The van der Waals surface area contributed by atoms with Gasteiger partial charge < -0.3 is 0 Å². The normalized spacial score (nSPS) is 10.9. The molecule has 2 heteroatoms. The molecule has 0 fully saturated rings. The van der Waals surface area contributed by atoms with Gasteiger partial charge in [0.15, 0.2) is 0 Å². The molecule has 1 aromatic rings. The number of ketones is 1. The molecule has 0 bridgehead atoms. The van der Waals surface area contributed by atoms with Gasteiger partial charge in [-0.05, 0) is 36.6 Å². The summed E-state index contributed by atoms with van der Waals surface area (Å²) in [5.74, 6) is 1.16. The SMILES string of the molecule is CC(C)CCCC(=O)CCCc1cccs1. The second-order valence-electron chi connectivity index (χ2n) is 4.76. The lowest BCUT2D eigenvalue weighted by molar-refractivity contribution is -0.119. The molecule has 16 heavy (non-hydrogen) atoms. The van der Waals surface area contributed by atoms with Crippen LogP contribution in [0, 0.1) is 5.92 Å². The number of hydrogen-bond donors (Lipinski definition) is 0. The van der Waals surface area contributed by atoms with Gasteiger partial charge in [-0.15, -0.1) is 11.3 Å². The fraction of sp³-hybridized carbons (Fsp3) is 0.643. The molecule has 0 amide bonds. The highest BCUT2D eigenvalue weighted by Crippen LogP contribution is 2.13. The first kappa shape index (κ1) is 13.4. The Kier molecular flexibility index (Phi) is 6.39. The summed E-state index contributed by atoms with van der Waals surface area (Å²) in [7, 11) is 0. The molecule has 0 saturated carbocycles. The molecule has 0 unspecified atom stereocenters. The fourth-order valence-corrected chi connectivity index (χ4v) is 2.50. The average Bonchev–Trinajstić information content (AvgIpc) is 2.70. The third kappa shape index (κ3) is 6.06. The van der Waals surface area contributed by atoms with Crippen molar-refractivity contribution in [2.45, 2.75) is 52.4 Å². The molecule has 0 N–H and O–H groups in total. The van der Waals surface area contributed by atoms with Crippen LogP contribution in [0.5, 0.6) is 0 Å². The van der Waals surface area contributed by atoms with Gasteiger partial charge in [0.1, 0.15) is 5.78 Å². The maximum absolute atomic E-state index is 11.6. The van der Waals surface area contributed by atoms with Crippen molar-refractivity contribution in [1.29, 1.82) is 0 Å². The molecule has 0 radical (unpaired) electrons. The average molecular weight is 238 g/mol. The maximum Gasteiger partial charge on any atom is 0.132 e. The number of rotatable bonds is 8. The summed E-state index contributed by atoms with van der Waals surface area (Å²) in [6.45, 7) is 4.42. The van der Waals surface area contributed by atoms with Crippen LogP contribution in [-0.4, -0.2) is 5.78 Å². The van der Waals surface area contributed by atoms with Gasteiger partial charge in [0, 0.05) is 17.7 Å². The largest absolute Gasteiger partial charge is 0.300 e. The van der Waals surface area contributed by atoms with Crippen LogP contribution in [0.2, 0.25) is 0 Å². The van der Waals surface area contributed by atoms with E-state index in [1.807, 2.05) is 0 Å². The molecule has 1 rings (SSSR count). The maximum atomic E-state index is 11.6. The van der Waals surface area contributed by atoms with Gasteiger partial charge in [0.2, 0.25) is 0 Å². The zero-order chi connectivity index (χ0) is 11.8. The van der Waals surface area contributed by atoms with Crippen molar-refractivity contribution in [3.05, 3.63) is 22.4 Å². The van der Waals surface area contributed by atoms with Crippen molar-refractivity contribution < 1.29 is 4.79 Å². The van der Waals surface area contributed by atoms with Crippen molar-refractivity contribution in [2.75, 3.05) is 0 Å². The molecule has 0 aliphatic rings. The Labute approximate surface area is 103 Å². The Morgan fingerprint density at radius 3 is 2.69 bits per heavy atom. The molecule has 1 heterocycles. The smallest absolute Gasteiger partial charge is 0.132 e. The first-order chi connectivity index (χ1) is 7.68. The Morgan fingerprint density at radius 2 is 2.06 bits per heavy atom. The minimum Gasteiger partial charge on any atom is -0.300 e. The molecular formula is C14H22OS. The van der Waals surface area contributed by atoms with Gasteiger partial charge in [-0.2, -0.15) is 0 Å². The molecule has 0 aliphatic carbocycles. The van der Waals surface area contributed by atoms with Gasteiger partial charge in [-0.3, -0.25) is 4.79 Å². The van der Waals surface area contributed by atoms with E-state index in [1.165, 1.54) is 11.3 Å². The summed E-state index contributed by atoms with van der Waals surface area (Å²) in [5, 5.41) is 2.10. The molecule has 0 saturated heterocycles. The van der Waals surface area contributed by atoms with Crippen LogP contribution in [0.25, 0.3) is 0 Å². The quantitative estimate of drug-likeness (QED) is 0.653. The van der Waals surface area contributed by atoms with E-state index in [0.717, 1.165) is 38.0 Å². The number of carbonyl (C=O) groups is 1. The highest BCUT2D eigenvalue weighted by atomic mass is 32.1. The number of aryl methyl sites for hydroxylation is 1. The Hall–Kier alpha value is -0.630. The molecule has 0 aliphatic heterocycles. The summed E-state index contributed by atoms with van der Waals surface area (Å²) < 4.78 is 0. The van der Waals surface area contributed by atoms with E-state index in [4.69, 9.17) is 0 Å². The third-order valence-electron chi connectivity index (χ3n) is 2.70. The van der Waals surface area contributed by atoms with Crippen LogP contribution in [-0.2, 0) is 11.2 Å². The lowest BCUT2D eigenvalue weighted by Crippen LogP contribution is -1.99. The standard InChI is InChI=1S/C14H22OS/c1-12(2)6-3-7-13(15)8-4-9-14-10-5-11-16-14/h5,10-12H,3-4,6-9H2,1-2H3. The van der Waals surface area contributed by atoms with Crippen molar-refractivity contribution in [3.63, 3.8) is 0 Å². The molecule has 1 nitrogen and oxygen atoms in total. The first-order valence-corrected chi connectivity index (χ1v) is 7.10. The van der Waals surface area contributed by atoms with Crippen LogP contribution >= 0.6 is 11.3 Å². The molecule has 90 valence electrons. The van der Waals surface area contributed by atoms with E-state index >= 15 is 0 Å². The molecule has 0 aromatic carbocycles. The van der Waals surface area contributed by atoms with Crippen molar-refractivity contribution in [1.82, 2.24) is 0 Å². The van der Waals surface area contributed by atoms with Gasteiger partial charge >= 0.3 is 0 Å². The predicted molar refractivity (Wildman–Crippen MR) is 71.0 cm³/mol. The van der Waals surface area contributed by atoms with E-state index in [2.05, 4.69) is 31.4 Å². The van der Waals surface area contributed by atoms with Crippen LogP contribution in [0.15, 0.2) is 17.5 Å². The second kappa shape index (κ2) is 7.61. The summed E-state index contributed by atoms with van der Waals surface area (Å²) in [6, 6.07) is 4.22. The zero-order valence-corrected chi connectivity index (χ0v) is 11.2. The second-order valence-corrected chi connectivity index (χ2v) is 5.79. The predicted octanol–water partition coefficient (Wildman–Crippen LogP) is 4.47. The van der Waals surface area contributed by atoms with Gasteiger partial charge in [0.05, 0.1) is 0 Å². The first-order valence-electron chi connectivity index (χ1n) is 6.22. The number of Topliss-reactive ketones (excluding diaryl/α,β-unsaturated/α-hetero) is 1. The van der Waals surface area contributed by atoms with Crippen molar-refractivity contribution in [3.8, 4) is 0 Å². The van der Waals surface area contributed by atoms with E-state index in [9.17, 15) is 4.79 Å². The molecule has 0 spiro atoms. The van der Waals surface area contributed by atoms with Gasteiger partial charge in [-0.1, -0.05) is 26.3 Å². The molecule has 0 atom stereocenters. The number of carbonyl (C=O) groups excluding carboxylic acids is 1. The van der Waals surface area contributed by atoms with Crippen LogP contribution in [0.4, 0.5) is 0 Å². The highest BCUT2D eigenvalue weighted by Gasteiger charge is 2.03. The van der Waals surface area contributed by atoms with Gasteiger partial charge in [0.25, 0.3) is 0 Å². The minimum absolute atomic E-state index is 0.442.